The minimum Gasteiger partial charge on any atom is -0.465 e. The Hall–Kier alpha value is -2.02. The third-order valence-corrected chi connectivity index (χ3v) is 4.20. The lowest BCUT2D eigenvalue weighted by Gasteiger charge is -2.20. The molecule has 0 unspecified atom stereocenters. The normalized spacial score (nSPS) is 17.8. The largest absolute Gasteiger partial charge is 0.465 e. The van der Waals surface area contributed by atoms with E-state index in [1.807, 2.05) is 0 Å². The van der Waals surface area contributed by atoms with Gasteiger partial charge in [0.2, 0.25) is 11.8 Å². The molecule has 1 aromatic carbocycles. The zero-order valence-electron chi connectivity index (χ0n) is 11.5. The summed E-state index contributed by atoms with van der Waals surface area (Å²) in [5.41, 5.74) is 0.992. The van der Waals surface area contributed by atoms with Gasteiger partial charge in [0.25, 0.3) is 0 Å². The molecular weight excluding hydrogens is 292 g/mol. The maximum atomic E-state index is 11.9. The van der Waals surface area contributed by atoms with Crippen LogP contribution in [0.2, 0.25) is 0 Å². The van der Waals surface area contributed by atoms with E-state index in [9.17, 15) is 14.4 Å². The number of thioether (sulfide) groups is 1. The van der Waals surface area contributed by atoms with Crippen LogP contribution in [0.1, 0.15) is 16.8 Å². The van der Waals surface area contributed by atoms with Crippen molar-refractivity contribution >= 4 is 35.2 Å². The van der Waals surface area contributed by atoms with E-state index in [1.54, 1.807) is 24.3 Å². The van der Waals surface area contributed by atoms with Gasteiger partial charge in [0.05, 0.1) is 17.9 Å². The quantitative estimate of drug-likeness (QED) is 0.812. The maximum absolute atomic E-state index is 11.9. The lowest BCUT2D eigenvalue weighted by Crippen LogP contribution is -2.40. The molecule has 1 saturated heterocycles. The van der Waals surface area contributed by atoms with E-state index in [-0.39, 0.29) is 23.5 Å². The summed E-state index contributed by atoms with van der Waals surface area (Å²) >= 11 is 1.49. The second kappa shape index (κ2) is 7.12. The molecule has 1 aromatic rings. The van der Waals surface area contributed by atoms with Gasteiger partial charge in [-0.1, -0.05) is 0 Å². The van der Waals surface area contributed by atoms with E-state index in [2.05, 4.69) is 15.4 Å². The molecule has 6 nitrogen and oxygen atoms in total. The first-order valence-corrected chi connectivity index (χ1v) is 7.52. The summed E-state index contributed by atoms with van der Waals surface area (Å²) < 4.78 is 4.60. The molecule has 0 saturated carbocycles. The van der Waals surface area contributed by atoms with Crippen molar-refractivity contribution < 1.29 is 19.1 Å². The minimum absolute atomic E-state index is 0.0950. The van der Waals surface area contributed by atoms with E-state index in [4.69, 9.17) is 0 Å². The fourth-order valence-corrected chi connectivity index (χ4v) is 2.91. The van der Waals surface area contributed by atoms with Gasteiger partial charge >= 0.3 is 5.97 Å². The Labute approximate surface area is 126 Å². The van der Waals surface area contributed by atoms with Crippen LogP contribution in [0.15, 0.2) is 24.3 Å². The van der Waals surface area contributed by atoms with E-state index in [0.717, 1.165) is 5.75 Å². The predicted octanol–water partition coefficient (Wildman–Crippen LogP) is 1.03. The zero-order chi connectivity index (χ0) is 15.2. The van der Waals surface area contributed by atoms with Crippen LogP contribution in [-0.2, 0) is 14.3 Å². The predicted molar refractivity (Wildman–Crippen MR) is 80.3 cm³/mol. The summed E-state index contributed by atoms with van der Waals surface area (Å²) in [5, 5.41) is 5.11. The topological polar surface area (TPSA) is 84.5 Å². The summed E-state index contributed by atoms with van der Waals surface area (Å²) in [6, 6.07) is 6.39. The van der Waals surface area contributed by atoms with Crippen LogP contribution in [0.4, 0.5) is 5.69 Å². The summed E-state index contributed by atoms with van der Waals surface area (Å²) in [6.45, 7) is 0.649. The minimum atomic E-state index is -0.428. The average molecular weight is 308 g/mol. The highest BCUT2D eigenvalue weighted by molar-refractivity contribution is 8.00. The second-order valence-electron chi connectivity index (χ2n) is 4.47. The van der Waals surface area contributed by atoms with E-state index in [0.29, 0.717) is 17.8 Å². The molecule has 7 heteroatoms. The van der Waals surface area contributed by atoms with E-state index >= 15 is 0 Å². The fraction of sp³-hybridized carbons (Fsp3) is 0.357. The Morgan fingerprint density at radius 3 is 2.71 bits per heavy atom. The van der Waals surface area contributed by atoms with Crippen LogP contribution in [0.3, 0.4) is 0 Å². The molecule has 1 fully saturated rings. The monoisotopic (exact) mass is 308 g/mol. The smallest absolute Gasteiger partial charge is 0.337 e. The number of rotatable bonds is 4. The zero-order valence-corrected chi connectivity index (χ0v) is 12.4. The number of anilines is 1. The van der Waals surface area contributed by atoms with Crippen molar-refractivity contribution in [2.24, 2.45) is 0 Å². The molecule has 21 heavy (non-hydrogen) atoms. The van der Waals surface area contributed by atoms with Crippen LogP contribution in [-0.4, -0.2) is 42.4 Å². The molecule has 0 spiro atoms. The molecular formula is C14H16N2O4S. The van der Waals surface area contributed by atoms with Crippen LogP contribution in [0, 0.1) is 0 Å². The van der Waals surface area contributed by atoms with Gasteiger partial charge in [-0.25, -0.2) is 4.79 Å². The van der Waals surface area contributed by atoms with Gasteiger partial charge < -0.3 is 15.4 Å². The van der Waals surface area contributed by atoms with Crippen molar-refractivity contribution in [2.75, 3.05) is 24.7 Å². The first-order chi connectivity index (χ1) is 10.1. The number of amides is 2. The van der Waals surface area contributed by atoms with Gasteiger partial charge in [0, 0.05) is 24.4 Å². The van der Waals surface area contributed by atoms with Crippen molar-refractivity contribution in [3.05, 3.63) is 29.8 Å². The number of methoxy groups -OCH3 is 1. The number of benzene rings is 1. The molecule has 2 rings (SSSR count). The SMILES string of the molecule is COC(=O)c1ccc(NC(=O)C[C@@H]2SCCNC2=O)cc1. The molecule has 2 N–H and O–H groups in total. The van der Waals surface area contributed by atoms with Gasteiger partial charge in [-0.05, 0) is 24.3 Å². The molecule has 2 amide bonds. The first kappa shape index (κ1) is 15.4. The molecule has 0 aliphatic carbocycles. The highest BCUT2D eigenvalue weighted by Gasteiger charge is 2.25. The molecule has 0 aromatic heterocycles. The molecule has 1 atom stereocenters. The number of ether oxygens (including phenoxy) is 1. The van der Waals surface area contributed by atoms with Gasteiger partial charge in [0.15, 0.2) is 0 Å². The number of hydrogen-bond acceptors (Lipinski definition) is 5. The standard InChI is InChI=1S/C14H16N2O4S/c1-20-14(19)9-2-4-10(5-3-9)16-12(17)8-11-13(18)15-6-7-21-11/h2-5,11H,6-8H2,1H3,(H,15,18)(H,16,17)/t11-/m0/s1. The molecule has 1 heterocycles. The Bertz CT molecular complexity index is 544. The van der Waals surface area contributed by atoms with Crippen molar-refractivity contribution in [3.8, 4) is 0 Å². The van der Waals surface area contributed by atoms with Gasteiger partial charge in [-0.15, -0.1) is 11.8 Å². The van der Waals surface area contributed by atoms with Crippen LogP contribution in [0.25, 0.3) is 0 Å². The van der Waals surface area contributed by atoms with Crippen molar-refractivity contribution in [3.63, 3.8) is 0 Å². The number of carbonyl (C=O) groups is 3. The third-order valence-electron chi connectivity index (χ3n) is 2.97. The van der Waals surface area contributed by atoms with Gasteiger partial charge in [0.1, 0.15) is 0 Å². The Kier molecular flexibility index (Phi) is 5.21. The number of nitrogens with one attached hydrogen (secondary N) is 2. The Morgan fingerprint density at radius 2 is 2.10 bits per heavy atom. The number of esters is 1. The van der Waals surface area contributed by atoms with E-state index < -0.39 is 5.97 Å². The number of hydrogen-bond donors (Lipinski definition) is 2. The molecule has 1 aliphatic heterocycles. The van der Waals surface area contributed by atoms with Crippen molar-refractivity contribution in [1.82, 2.24) is 5.32 Å². The lowest BCUT2D eigenvalue weighted by molar-refractivity contribution is -0.123. The molecule has 0 radical (unpaired) electrons. The van der Waals surface area contributed by atoms with Gasteiger partial charge in [-0.2, -0.15) is 0 Å². The first-order valence-electron chi connectivity index (χ1n) is 6.47. The van der Waals surface area contributed by atoms with Gasteiger partial charge in [-0.3, -0.25) is 9.59 Å². The summed E-state index contributed by atoms with van der Waals surface area (Å²) in [7, 11) is 1.31. The highest BCUT2D eigenvalue weighted by Crippen LogP contribution is 2.19. The summed E-state index contributed by atoms with van der Waals surface area (Å²) in [4.78, 5) is 34.8. The highest BCUT2D eigenvalue weighted by atomic mass is 32.2. The molecule has 0 bridgehead atoms. The Balaban J connectivity index is 1.90. The second-order valence-corrected chi connectivity index (χ2v) is 5.78. The summed E-state index contributed by atoms with van der Waals surface area (Å²) in [5.74, 6) is 0.0679. The fourth-order valence-electron chi connectivity index (χ4n) is 1.90. The number of carbonyl (C=O) groups excluding carboxylic acids is 3. The molecule has 112 valence electrons. The van der Waals surface area contributed by atoms with Crippen LogP contribution in [0.5, 0.6) is 0 Å². The molecule has 1 aliphatic rings. The maximum Gasteiger partial charge on any atom is 0.337 e. The lowest BCUT2D eigenvalue weighted by atomic mass is 10.2. The van der Waals surface area contributed by atoms with Crippen LogP contribution >= 0.6 is 11.8 Å². The third kappa shape index (κ3) is 4.22. The average Bonchev–Trinajstić information content (AvgIpc) is 2.49. The van der Waals surface area contributed by atoms with Crippen molar-refractivity contribution in [2.45, 2.75) is 11.7 Å². The Morgan fingerprint density at radius 1 is 1.38 bits per heavy atom. The van der Waals surface area contributed by atoms with Crippen molar-refractivity contribution in [1.29, 1.82) is 0 Å². The van der Waals surface area contributed by atoms with E-state index in [1.165, 1.54) is 18.9 Å². The summed E-state index contributed by atoms with van der Waals surface area (Å²) in [6.07, 6.45) is 0.134. The van der Waals surface area contributed by atoms with Crippen LogP contribution < -0.4 is 10.6 Å².